The Kier molecular flexibility index (Phi) is 7.23. The van der Waals surface area contributed by atoms with Gasteiger partial charge in [0.15, 0.2) is 0 Å². The minimum Gasteiger partial charge on any atom is -0.372 e. The third-order valence-corrected chi connectivity index (χ3v) is 4.99. The highest BCUT2D eigenvalue weighted by atomic mass is 16.1. The third kappa shape index (κ3) is 5.21. The van der Waals surface area contributed by atoms with Crippen molar-refractivity contribution in [3.05, 3.63) is 42.2 Å². The maximum Gasteiger partial charge on any atom is 0.274 e. The quantitative estimate of drug-likeness (QED) is 0.737. The standard InChI is InChI=1S/C22H31N5O/c1-3-14-27(15-4-2)22-23-13-12-20(25-22)21(28)24-18-8-10-19(11-9-18)26-16-6-5-7-17-26/h8-13H,3-7,14-17H2,1-2H3,(H,24,28). The van der Waals surface area contributed by atoms with Crippen LogP contribution in [0.3, 0.4) is 0 Å². The van der Waals surface area contributed by atoms with Gasteiger partial charge in [-0.05, 0) is 62.4 Å². The molecule has 2 heterocycles. The van der Waals surface area contributed by atoms with E-state index in [4.69, 9.17) is 0 Å². The van der Waals surface area contributed by atoms with Crippen LogP contribution >= 0.6 is 0 Å². The number of benzene rings is 1. The van der Waals surface area contributed by atoms with Gasteiger partial charge in [-0.25, -0.2) is 9.97 Å². The van der Waals surface area contributed by atoms with E-state index < -0.39 is 0 Å². The minimum absolute atomic E-state index is 0.206. The van der Waals surface area contributed by atoms with Crippen molar-refractivity contribution in [2.75, 3.05) is 41.3 Å². The first kappa shape index (κ1) is 20.1. The first-order valence-electron chi connectivity index (χ1n) is 10.5. The number of anilines is 3. The lowest BCUT2D eigenvalue weighted by atomic mass is 10.1. The number of nitrogens with zero attached hydrogens (tertiary/aromatic N) is 4. The molecule has 0 saturated carbocycles. The fourth-order valence-corrected chi connectivity index (χ4v) is 3.58. The van der Waals surface area contributed by atoms with Crippen molar-refractivity contribution in [3.63, 3.8) is 0 Å². The molecule has 3 rings (SSSR count). The molecule has 0 unspecified atom stereocenters. The van der Waals surface area contributed by atoms with E-state index in [1.807, 2.05) is 12.1 Å². The minimum atomic E-state index is -0.206. The van der Waals surface area contributed by atoms with Gasteiger partial charge in [0.2, 0.25) is 5.95 Å². The molecule has 1 amide bonds. The van der Waals surface area contributed by atoms with Gasteiger partial charge >= 0.3 is 0 Å². The zero-order chi connectivity index (χ0) is 19.8. The summed E-state index contributed by atoms with van der Waals surface area (Å²) in [5, 5.41) is 2.95. The molecular formula is C22H31N5O. The predicted octanol–water partition coefficient (Wildman–Crippen LogP) is 4.35. The Balaban J connectivity index is 1.66. The smallest absolute Gasteiger partial charge is 0.274 e. The summed E-state index contributed by atoms with van der Waals surface area (Å²) in [6, 6.07) is 9.75. The van der Waals surface area contributed by atoms with Crippen LogP contribution in [0.5, 0.6) is 0 Å². The molecule has 6 heteroatoms. The lowest BCUT2D eigenvalue weighted by molar-refractivity contribution is 0.102. The van der Waals surface area contributed by atoms with E-state index in [1.165, 1.54) is 24.9 Å². The van der Waals surface area contributed by atoms with Crippen LogP contribution < -0.4 is 15.1 Å². The highest BCUT2D eigenvalue weighted by molar-refractivity contribution is 6.03. The molecule has 1 saturated heterocycles. The van der Waals surface area contributed by atoms with Crippen molar-refractivity contribution >= 4 is 23.2 Å². The van der Waals surface area contributed by atoms with E-state index in [1.54, 1.807) is 12.3 Å². The average molecular weight is 382 g/mol. The molecule has 0 radical (unpaired) electrons. The second-order valence-electron chi connectivity index (χ2n) is 7.28. The van der Waals surface area contributed by atoms with Crippen molar-refractivity contribution in [2.45, 2.75) is 46.0 Å². The van der Waals surface area contributed by atoms with E-state index in [2.05, 4.69) is 51.1 Å². The average Bonchev–Trinajstić information content (AvgIpc) is 2.75. The molecule has 1 aromatic carbocycles. The second-order valence-corrected chi connectivity index (χ2v) is 7.28. The summed E-state index contributed by atoms with van der Waals surface area (Å²) in [5.74, 6) is 0.416. The maximum atomic E-state index is 12.7. The van der Waals surface area contributed by atoms with Crippen molar-refractivity contribution in [3.8, 4) is 0 Å². The molecule has 1 aliphatic heterocycles. The fraction of sp³-hybridized carbons (Fsp3) is 0.500. The van der Waals surface area contributed by atoms with Gasteiger partial charge < -0.3 is 15.1 Å². The summed E-state index contributed by atoms with van der Waals surface area (Å²) in [6.45, 7) is 8.26. The summed E-state index contributed by atoms with van der Waals surface area (Å²) >= 11 is 0. The van der Waals surface area contributed by atoms with Gasteiger partial charge in [0, 0.05) is 43.8 Å². The van der Waals surface area contributed by atoms with Crippen LogP contribution in [-0.2, 0) is 0 Å². The van der Waals surface area contributed by atoms with Crippen molar-refractivity contribution < 1.29 is 4.79 Å². The molecule has 0 bridgehead atoms. The number of amides is 1. The Morgan fingerprint density at radius 3 is 2.36 bits per heavy atom. The van der Waals surface area contributed by atoms with Crippen molar-refractivity contribution in [1.82, 2.24) is 9.97 Å². The molecule has 0 atom stereocenters. The Hall–Kier alpha value is -2.63. The van der Waals surface area contributed by atoms with Gasteiger partial charge in [-0.3, -0.25) is 4.79 Å². The highest BCUT2D eigenvalue weighted by Crippen LogP contribution is 2.22. The Labute approximate surface area is 168 Å². The molecule has 0 aliphatic carbocycles. The van der Waals surface area contributed by atoms with Gasteiger partial charge in [-0.1, -0.05) is 13.8 Å². The molecule has 1 aliphatic rings. The highest BCUT2D eigenvalue weighted by Gasteiger charge is 2.14. The van der Waals surface area contributed by atoms with Crippen LogP contribution in [-0.4, -0.2) is 42.1 Å². The number of piperidine rings is 1. The van der Waals surface area contributed by atoms with E-state index in [0.717, 1.165) is 44.7 Å². The number of carbonyl (C=O) groups is 1. The normalized spacial score (nSPS) is 14.0. The summed E-state index contributed by atoms with van der Waals surface area (Å²) in [5.41, 5.74) is 2.39. The maximum absolute atomic E-state index is 12.7. The molecule has 1 fully saturated rings. The van der Waals surface area contributed by atoms with E-state index in [0.29, 0.717) is 11.6 Å². The summed E-state index contributed by atoms with van der Waals surface area (Å²) in [7, 11) is 0. The van der Waals surface area contributed by atoms with E-state index in [-0.39, 0.29) is 5.91 Å². The van der Waals surface area contributed by atoms with Crippen molar-refractivity contribution in [1.29, 1.82) is 0 Å². The van der Waals surface area contributed by atoms with Gasteiger partial charge in [-0.2, -0.15) is 0 Å². The zero-order valence-electron chi connectivity index (χ0n) is 17.0. The monoisotopic (exact) mass is 381 g/mol. The first-order chi connectivity index (χ1) is 13.7. The van der Waals surface area contributed by atoms with Gasteiger partial charge in [0.05, 0.1) is 0 Å². The SMILES string of the molecule is CCCN(CCC)c1nccc(C(=O)Nc2ccc(N3CCCCC3)cc2)n1. The zero-order valence-corrected chi connectivity index (χ0v) is 17.0. The van der Waals surface area contributed by atoms with E-state index >= 15 is 0 Å². The van der Waals surface area contributed by atoms with Crippen LogP contribution in [0.1, 0.15) is 56.4 Å². The van der Waals surface area contributed by atoms with Gasteiger partial charge in [0.25, 0.3) is 5.91 Å². The fourth-order valence-electron chi connectivity index (χ4n) is 3.58. The molecule has 1 aromatic heterocycles. The lowest BCUT2D eigenvalue weighted by Gasteiger charge is -2.28. The number of rotatable bonds is 8. The summed E-state index contributed by atoms with van der Waals surface area (Å²) in [6.07, 6.45) is 7.52. The molecular weight excluding hydrogens is 350 g/mol. The van der Waals surface area contributed by atoms with Gasteiger partial charge in [-0.15, -0.1) is 0 Å². The van der Waals surface area contributed by atoms with Crippen LogP contribution in [0.25, 0.3) is 0 Å². The Bertz CT molecular complexity index is 750. The topological polar surface area (TPSA) is 61.4 Å². The largest absolute Gasteiger partial charge is 0.372 e. The molecule has 1 N–H and O–H groups in total. The number of hydrogen-bond acceptors (Lipinski definition) is 5. The first-order valence-corrected chi connectivity index (χ1v) is 10.5. The third-order valence-electron chi connectivity index (χ3n) is 4.99. The molecule has 6 nitrogen and oxygen atoms in total. The van der Waals surface area contributed by atoms with E-state index in [9.17, 15) is 4.79 Å². The molecule has 0 spiro atoms. The predicted molar refractivity (Wildman–Crippen MR) is 115 cm³/mol. The Morgan fingerprint density at radius 1 is 1.04 bits per heavy atom. The number of carbonyl (C=O) groups excluding carboxylic acids is 1. The van der Waals surface area contributed by atoms with Crippen molar-refractivity contribution in [2.24, 2.45) is 0 Å². The number of aromatic nitrogens is 2. The van der Waals surface area contributed by atoms with Crippen LogP contribution in [0, 0.1) is 0 Å². The summed E-state index contributed by atoms with van der Waals surface area (Å²) in [4.78, 5) is 26.0. The van der Waals surface area contributed by atoms with Crippen LogP contribution in [0.4, 0.5) is 17.3 Å². The van der Waals surface area contributed by atoms with Gasteiger partial charge in [0.1, 0.15) is 5.69 Å². The summed E-state index contributed by atoms with van der Waals surface area (Å²) < 4.78 is 0. The molecule has 150 valence electrons. The molecule has 2 aromatic rings. The molecule has 28 heavy (non-hydrogen) atoms. The van der Waals surface area contributed by atoms with Crippen LogP contribution in [0.15, 0.2) is 36.5 Å². The number of nitrogens with one attached hydrogen (secondary N) is 1. The van der Waals surface area contributed by atoms with Crippen LogP contribution in [0.2, 0.25) is 0 Å². The second kappa shape index (κ2) is 10.1. The lowest BCUT2D eigenvalue weighted by Crippen LogP contribution is -2.29. The Morgan fingerprint density at radius 2 is 1.71 bits per heavy atom. The number of hydrogen-bond donors (Lipinski definition) is 1.